The molecule has 0 aliphatic heterocycles. The summed E-state index contributed by atoms with van der Waals surface area (Å²) in [6.07, 6.45) is 0. The van der Waals surface area contributed by atoms with E-state index in [-0.39, 0.29) is 51.4 Å². The summed E-state index contributed by atoms with van der Waals surface area (Å²) in [5.41, 5.74) is -0.691. The van der Waals surface area contributed by atoms with Crippen molar-refractivity contribution in [3.05, 3.63) is 32.4 Å². The third-order valence-electron chi connectivity index (χ3n) is 1.96. The van der Waals surface area contributed by atoms with Gasteiger partial charge < -0.3 is 4.55 Å². The van der Waals surface area contributed by atoms with E-state index in [0.29, 0.717) is 12.1 Å². The van der Waals surface area contributed by atoms with Crippen molar-refractivity contribution in [1.29, 1.82) is 0 Å². The predicted molar refractivity (Wildman–Crippen MR) is 58.3 cm³/mol. The summed E-state index contributed by atoms with van der Waals surface area (Å²) >= 11 is 0. The van der Waals surface area contributed by atoms with Crippen molar-refractivity contribution in [2.45, 2.75) is 4.90 Å². The molecule has 11 nitrogen and oxygen atoms in total. The first kappa shape index (κ1) is 19.3. The molecule has 20 heavy (non-hydrogen) atoms. The van der Waals surface area contributed by atoms with Crippen LogP contribution in [0.3, 0.4) is 0 Å². The largest absolute Gasteiger partial charge is 1.00 e. The minimum absolute atomic E-state index is 0. The third kappa shape index (κ3) is 4.42. The molecule has 1 aromatic rings. The molecule has 0 spiro atoms. The van der Waals surface area contributed by atoms with E-state index in [4.69, 9.17) is 0 Å². The van der Waals surface area contributed by atoms with Gasteiger partial charge in [0.15, 0.2) is 0 Å². The fraction of sp³-hybridized carbons (Fsp3) is 0.143. The van der Waals surface area contributed by atoms with Gasteiger partial charge in [0.1, 0.15) is 10.1 Å². The zero-order valence-corrected chi connectivity index (χ0v) is 14.2. The van der Waals surface area contributed by atoms with E-state index in [2.05, 4.69) is 4.84 Å². The first-order valence-corrected chi connectivity index (χ1v) is 5.81. The van der Waals surface area contributed by atoms with Crippen LogP contribution in [0, 0.1) is 20.2 Å². The topological polar surface area (TPSA) is 165 Å². The van der Waals surface area contributed by atoms with Gasteiger partial charge >= 0.3 is 62.8 Å². The Kier molecular flexibility index (Phi) is 7.12. The van der Waals surface area contributed by atoms with E-state index in [1.165, 1.54) is 0 Å². The van der Waals surface area contributed by atoms with Crippen molar-refractivity contribution in [3.63, 3.8) is 0 Å². The first-order chi connectivity index (χ1) is 8.68. The monoisotopic (exact) mass is 331 g/mol. The summed E-state index contributed by atoms with van der Waals surface area (Å²) in [6.45, 7) is 0. The molecule has 0 aliphatic carbocycles. The van der Waals surface area contributed by atoms with Crippen LogP contribution in [0.4, 0.5) is 17.1 Å². The van der Waals surface area contributed by atoms with Gasteiger partial charge in [-0.05, 0) is 0 Å². The van der Waals surface area contributed by atoms with Crippen molar-refractivity contribution < 1.29 is 79.0 Å². The van der Waals surface area contributed by atoms with Crippen LogP contribution in [-0.2, 0) is 15.0 Å². The standard InChI is InChI=1S/C7H7N3O8S.K/c1-18-8-7-5(9(11)12)2-4(19(15,16)17)3-6(7)10(13)14;/h2-3,8H,1H3,(H,15,16,17);/q;+1/p-1. The van der Waals surface area contributed by atoms with E-state index in [9.17, 15) is 33.2 Å². The van der Waals surface area contributed by atoms with Gasteiger partial charge in [0.05, 0.1) is 21.9 Å². The number of hydrogen-bond donors (Lipinski definition) is 1. The molecule has 0 unspecified atom stereocenters. The third-order valence-corrected chi connectivity index (χ3v) is 2.77. The van der Waals surface area contributed by atoms with E-state index in [1.807, 2.05) is 5.48 Å². The average molecular weight is 331 g/mol. The van der Waals surface area contributed by atoms with Crippen molar-refractivity contribution in [3.8, 4) is 0 Å². The molecule has 0 aliphatic rings. The number of hydrogen-bond acceptors (Lipinski definition) is 9. The minimum atomic E-state index is -5.07. The van der Waals surface area contributed by atoms with Crippen molar-refractivity contribution in [1.82, 2.24) is 0 Å². The number of nitro groups is 2. The Bertz CT molecular complexity index is 610. The van der Waals surface area contributed by atoms with Crippen molar-refractivity contribution in [2.75, 3.05) is 12.6 Å². The van der Waals surface area contributed by atoms with Crippen LogP contribution in [0.1, 0.15) is 0 Å². The molecular weight excluding hydrogens is 325 g/mol. The van der Waals surface area contributed by atoms with Gasteiger partial charge in [-0.2, -0.15) is 0 Å². The Labute approximate surface area is 154 Å². The minimum Gasteiger partial charge on any atom is -0.744 e. The second-order valence-electron chi connectivity index (χ2n) is 3.11. The van der Waals surface area contributed by atoms with E-state index < -0.39 is 41.9 Å². The molecule has 0 radical (unpaired) electrons. The Morgan fingerprint density at radius 1 is 1.15 bits per heavy atom. The fourth-order valence-corrected chi connectivity index (χ4v) is 1.74. The zero-order valence-electron chi connectivity index (χ0n) is 10.2. The number of nitrogens with zero attached hydrogens (tertiary/aromatic N) is 2. The number of rotatable bonds is 5. The number of nitro benzene ring substituents is 2. The van der Waals surface area contributed by atoms with Crippen LogP contribution in [0.5, 0.6) is 0 Å². The van der Waals surface area contributed by atoms with E-state index in [1.54, 1.807) is 0 Å². The van der Waals surface area contributed by atoms with Gasteiger partial charge in [0, 0.05) is 12.1 Å². The van der Waals surface area contributed by atoms with Crippen LogP contribution in [-0.4, -0.2) is 29.9 Å². The first-order valence-electron chi connectivity index (χ1n) is 4.40. The van der Waals surface area contributed by atoms with Gasteiger partial charge in [-0.15, -0.1) is 0 Å². The molecule has 1 rings (SSSR count). The molecule has 0 saturated heterocycles. The summed E-state index contributed by atoms with van der Waals surface area (Å²) in [5.74, 6) is 0. The fourth-order valence-electron chi connectivity index (χ4n) is 1.23. The molecule has 0 atom stereocenters. The van der Waals surface area contributed by atoms with Gasteiger partial charge in [-0.1, -0.05) is 0 Å². The molecular formula is C7H6KN3O8S. The summed E-state index contributed by atoms with van der Waals surface area (Å²) < 4.78 is 32.4. The van der Waals surface area contributed by atoms with Gasteiger partial charge in [-0.3, -0.25) is 30.5 Å². The van der Waals surface area contributed by atoms with Crippen LogP contribution in [0.25, 0.3) is 0 Å². The molecule has 0 saturated carbocycles. The Hall–Kier alpha value is -0.674. The molecule has 0 bridgehead atoms. The molecule has 0 fully saturated rings. The molecule has 0 amide bonds. The number of nitrogens with one attached hydrogen (secondary N) is 1. The van der Waals surface area contributed by atoms with Crippen LogP contribution >= 0.6 is 0 Å². The number of anilines is 1. The van der Waals surface area contributed by atoms with E-state index in [0.717, 1.165) is 7.11 Å². The second-order valence-corrected chi connectivity index (χ2v) is 4.49. The summed E-state index contributed by atoms with van der Waals surface area (Å²) in [4.78, 5) is 22.6. The van der Waals surface area contributed by atoms with Gasteiger partial charge in [0.2, 0.25) is 5.69 Å². The Morgan fingerprint density at radius 2 is 1.55 bits per heavy atom. The molecule has 1 aromatic carbocycles. The van der Waals surface area contributed by atoms with Crippen LogP contribution < -0.4 is 56.9 Å². The average Bonchev–Trinajstić information content (AvgIpc) is 2.27. The summed E-state index contributed by atoms with van der Waals surface area (Å²) in [7, 11) is -4.03. The Balaban J connectivity index is 0.00000361. The quantitative estimate of drug-likeness (QED) is 0.263. The maximum absolute atomic E-state index is 10.8. The van der Waals surface area contributed by atoms with Gasteiger partial charge in [0.25, 0.3) is 0 Å². The summed E-state index contributed by atoms with van der Waals surface area (Å²) in [5, 5.41) is 21.5. The molecule has 0 aromatic heterocycles. The second kappa shape index (κ2) is 7.37. The summed E-state index contributed by atoms with van der Waals surface area (Å²) in [6, 6.07) is 0.827. The maximum Gasteiger partial charge on any atom is 1.00 e. The SMILES string of the molecule is CONc1c([N+](=O)[O-])cc(S(=O)(=O)[O-])cc1[N+](=O)[O-].[K+]. The maximum atomic E-state index is 10.8. The zero-order chi connectivity index (χ0) is 14.8. The molecule has 1 N–H and O–H groups in total. The predicted octanol–water partition coefficient (Wildman–Crippen LogP) is -2.62. The molecule has 0 heterocycles. The van der Waals surface area contributed by atoms with Crippen LogP contribution in [0.2, 0.25) is 0 Å². The molecule has 13 heteroatoms. The van der Waals surface area contributed by atoms with Crippen molar-refractivity contribution >= 4 is 27.2 Å². The number of benzene rings is 1. The Morgan fingerprint density at radius 3 is 1.80 bits per heavy atom. The molecule has 104 valence electrons. The van der Waals surface area contributed by atoms with E-state index >= 15 is 0 Å². The van der Waals surface area contributed by atoms with Crippen molar-refractivity contribution in [2.24, 2.45) is 0 Å². The van der Waals surface area contributed by atoms with Gasteiger partial charge in [-0.25, -0.2) is 8.42 Å². The smallest absolute Gasteiger partial charge is 0.744 e. The van der Waals surface area contributed by atoms with Crippen LogP contribution in [0.15, 0.2) is 17.0 Å². The normalized spacial score (nSPS) is 10.5.